The zero-order valence-corrected chi connectivity index (χ0v) is 16.0. The lowest BCUT2D eigenvalue weighted by Crippen LogP contribution is -2.49. The zero-order chi connectivity index (χ0) is 17.0. The lowest BCUT2D eigenvalue weighted by Gasteiger charge is -2.37. The Morgan fingerprint density at radius 3 is 2.36 bits per heavy atom. The quantitative estimate of drug-likeness (QED) is 0.819. The average Bonchev–Trinajstić information content (AvgIpc) is 2.30. The van der Waals surface area contributed by atoms with E-state index in [1.807, 2.05) is 65.8 Å². The van der Waals surface area contributed by atoms with Gasteiger partial charge in [-0.1, -0.05) is 22.0 Å². The van der Waals surface area contributed by atoms with Gasteiger partial charge in [-0.3, -0.25) is 0 Å². The summed E-state index contributed by atoms with van der Waals surface area (Å²) in [6.07, 6.45) is -0.281. The second-order valence-electron chi connectivity index (χ2n) is 7.24. The molecule has 4 nitrogen and oxygen atoms in total. The van der Waals surface area contributed by atoms with Gasteiger partial charge in [0, 0.05) is 28.8 Å². The Morgan fingerprint density at radius 1 is 1.23 bits per heavy atom. The first-order chi connectivity index (χ1) is 9.99. The Bertz CT molecular complexity index is 504. The highest BCUT2D eigenvalue weighted by Crippen LogP contribution is 2.19. The maximum atomic E-state index is 12.4. The van der Waals surface area contributed by atoms with Gasteiger partial charge in [0.15, 0.2) is 0 Å². The van der Waals surface area contributed by atoms with Gasteiger partial charge >= 0.3 is 6.09 Å². The Hall–Kier alpha value is -1.23. The average molecular weight is 371 g/mol. The van der Waals surface area contributed by atoms with E-state index in [2.05, 4.69) is 21.2 Å². The molecule has 5 heteroatoms. The fourth-order valence-electron chi connectivity index (χ4n) is 1.93. The number of hydrogen-bond donors (Lipinski definition) is 1. The molecule has 0 bridgehead atoms. The molecule has 0 saturated heterocycles. The molecule has 1 rings (SSSR count). The summed E-state index contributed by atoms with van der Waals surface area (Å²) in [5, 5.41) is 3.33. The molecule has 124 valence electrons. The van der Waals surface area contributed by atoms with Gasteiger partial charge in [-0.25, -0.2) is 4.79 Å². The van der Waals surface area contributed by atoms with Crippen molar-refractivity contribution in [2.24, 2.45) is 0 Å². The van der Waals surface area contributed by atoms with Crippen LogP contribution >= 0.6 is 15.9 Å². The fourth-order valence-corrected chi connectivity index (χ4v) is 2.33. The number of ether oxygens (including phenoxy) is 1. The minimum absolute atomic E-state index is 0.281. The first-order valence-electron chi connectivity index (χ1n) is 7.49. The molecule has 1 N–H and O–H groups in total. The van der Waals surface area contributed by atoms with Crippen LogP contribution in [0.2, 0.25) is 0 Å². The Labute approximate surface area is 142 Å². The van der Waals surface area contributed by atoms with Crippen LogP contribution in [0.5, 0.6) is 0 Å². The van der Waals surface area contributed by atoms with E-state index in [0.717, 1.165) is 10.2 Å². The Morgan fingerprint density at radius 2 is 1.86 bits per heavy atom. The van der Waals surface area contributed by atoms with Crippen LogP contribution in [0.4, 0.5) is 10.5 Å². The third-order valence-corrected chi connectivity index (χ3v) is 3.41. The van der Waals surface area contributed by atoms with Crippen molar-refractivity contribution in [3.63, 3.8) is 0 Å². The van der Waals surface area contributed by atoms with Crippen LogP contribution in [0.25, 0.3) is 0 Å². The Balaban J connectivity index is 2.65. The number of carbonyl (C=O) groups excluding carboxylic acids is 1. The number of nitrogens with zero attached hydrogens (tertiary/aromatic N) is 1. The molecular formula is C17H27BrN2O2. The highest BCUT2D eigenvalue weighted by molar-refractivity contribution is 9.10. The van der Waals surface area contributed by atoms with Crippen LogP contribution in [-0.2, 0) is 4.74 Å². The van der Waals surface area contributed by atoms with E-state index in [1.165, 1.54) is 0 Å². The number of hydrogen-bond acceptors (Lipinski definition) is 3. The van der Waals surface area contributed by atoms with Gasteiger partial charge in [0.1, 0.15) is 5.60 Å². The molecule has 0 unspecified atom stereocenters. The second-order valence-corrected chi connectivity index (χ2v) is 8.16. The lowest BCUT2D eigenvalue weighted by atomic mass is 10.1. The van der Waals surface area contributed by atoms with Crippen molar-refractivity contribution in [1.29, 1.82) is 0 Å². The summed E-state index contributed by atoms with van der Waals surface area (Å²) in [5.41, 5.74) is 0.243. The van der Waals surface area contributed by atoms with Crippen molar-refractivity contribution < 1.29 is 9.53 Å². The van der Waals surface area contributed by atoms with Gasteiger partial charge in [0.25, 0.3) is 0 Å². The third-order valence-electron chi connectivity index (χ3n) is 2.91. The van der Waals surface area contributed by atoms with Gasteiger partial charge in [0.05, 0.1) is 0 Å². The molecule has 0 aliphatic rings. The van der Waals surface area contributed by atoms with Crippen molar-refractivity contribution in [2.75, 3.05) is 18.4 Å². The second kappa shape index (κ2) is 7.36. The fraction of sp³-hybridized carbons (Fsp3) is 0.588. The molecule has 0 radical (unpaired) electrons. The molecule has 0 aliphatic heterocycles. The molecule has 0 heterocycles. The molecule has 0 spiro atoms. The van der Waals surface area contributed by atoms with E-state index in [-0.39, 0.29) is 11.6 Å². The molecule has 0 aliphatic carbocycles. The van der Waals surface area contributed by atoms with E-state index in [0.29, 0.717) is 13.1 Å². The third kappa shape index (κ3) is 6.69. The van der Waals surface area contributed by atoms with Gasteiger partial charge in [-0.2, -0.15) is 0 Å². The molecule has 1 amide bonds. The molecule has 1 aromatic rings. The smallest absolute Gasteiger partial charge is 0.410 e. The highest BCUT2D eigenvalue weighted by Gasteiger charge is 2.30. The molecule has 0 fully saturated rings. The molecule has 22 heavy (non-hydrogen) atoms. The largest absolute Gasteiger partial charge is 0.444 e. The molecular weight excluding hydrogens is 344 g/mol. The summed E-state index contributed by atoms with van der Waals surface area (Å²) in [4.78, 5) is 14.1. The summed E-state index contributed by atoms with van der Waals surface area (Å²) in [7, 11) is 0. The van der Waals surface area contributed by atoms with Gasteiger partial charge in [-0.15, -0.1) is 0 Å². The van der Waals surface area contributed by atoms with Crippen LogP contribution in [-0.4, -0.2) is 35.2 Å². The lowest BCUT2D eigenvalue weighted by molar-refractivity contribution is 0.00749. The van der Waals surface area contributed by atoms with Crippen LogP contribution < -0.4 is 5.32 Å². The van der Waals surface area contributed by atoms with Crippen LogP contribution in [0.3, 0.4) is 0 Å². The molecule has 0 atom stereocenters. The van der Waals surface area contributed by atoms with Crippen LogP contribution in [0.1, 0.15) is 41.5 Å². The van der Waals surface area contributed by atoms with E-state index in [9.17, 15) is 4.79 Å². The van der Waals surface area contributed by atoms with Crippen LogP contribution in [0, 0.1) is 0 Å². The number of nitrogens with one attached hydrogen (secondary N) is 1. The molecule has 0 aromatic heterocycles. The molecule has 1 aromatic carbocycles. The number of rotatable bonds is 4. The monoisotopic (exact) mass is 370 g/mol. The van der Waals surface area contributed by atoms with Crippen molar-refractivity contribution in [2.45, 2.75) is 52.7 Å². The summed E-state index contributed by atoms with van der Waals surface area (Å²) >= 11 is 3.45. The summed E-state index contributed by atoms with van der Waals surface area (Å²) in [6.45, 7) is 12.9. The van der Waals surface area contributed by atoms with Crippen molar-refractivity contribution in [3.05, 3.63) is 28.7 Å². The maximum absolute atomic E-state index is 12.4. The predicted octanol–water partition coefficient (Wildman–Crippen LogP) is 4.90. The minimum atomic E-state index is -0.488. The standard InChI is InChI=1S/C17H27BrN2O2/c1-16(2,3)20(15(21)22-17(4,5)6)11-10-19-14-9-7-8-13(18)12-14/h7-9,12,19H,10-11H2,1-6H3. The van der Waals surface area contributed by atoms with Crippen molar-refractivity contribution in [3.8, 4) is 0 Å². The van der Waals surface area contributed by atoms with Gasteiger partial charge < -0.3 is 15.0 Å². The van der Waals surface area contributed by atoms with E-state index in [4.69, 9.17) is 4.74 Å². The van der Waals surface area contributed by atoms with Gasteiger partial charge in [-0.05, 0) is 59.7 Å². The van der Waals surface area contributed by atoms with E-state index < -0.39 is 5.60 Å². The summed E-state index contributed by atoms with van der Waals surface area (Å²) in [5.74, 6) is 0. The van der Waals surface area contributed by atoms with Crippen molar-refractivity contribution >= 4 is 27.7 Å². The van der Waals surface area contributed by atoms with Crippen molar-refractivity contribution in [1.82, 2.24) is 4.90 Å². The van der Waals surface area contributed by atoms with Gasteiger partial charge in [0.2, 0.25) is 0 Å². The van der Waals surface area contributed by atoms with E-state index >= 15 is 0 Å². The predicted molar refractivity (Wildman–Crippen MR) is 95.3 cm³/mol. The SMILES string of the molecule is CC(C)(C)OC(=O)N(CCNc1cccc(Br)c1)C(C)(C)C. The number of benzene rings is 1. The Kier molecular flexibility index (Phi) is 6.29. The number of halogens is 1. The molecule has 0 saturated carbocycles. The number of amides is 1. The normalized spacial score (nSPS) is 12.0. The first-order valence-corrected chi connectivity index (χ1v) is 8.28. The summed E-state index contributed by atoms with van der Waals surface area (Å²) in [6, 6.07) is 7.96. The minimum Gasteiger partial charge on any atom is -0.444 e. The topological polar surface area (TPSA) is 41.6 Å². The zero-order valence-electron chi connectivity index (χ0n) is 14.4. The highest BCUT2D eigenvalue weighted by atomic mass is 79.9. The summed E-state index contributed by atoms with van der Waals surface area (Å²) < 4.78 is 6.53. The first kappa shape index (κ1) is 18.8. The van der Waals surface area contributed by atoms with E-state index in [1.54, 1.807) is 4.90 Å². The number of anilines is 1. The maximum Gasteiger partial charge on any atom is 0.410 e. The van der Waals surface area contributed by atoms with Crippen LogP contribution in [0.15, 0.2) is 28.7 Å². The number of carbonyl (C=O) groups is 1.